The van der Waals surface area contributed by atoms with Gasteiger partial charge >= 0.3 is 0 Å². The number of hydrogen-bond donors (Lipinski definition) is 1. The number of carbonyl (C=O) groups excluding carboxylic acids is 1. The molecule has 8 heteroatoms. The molecular weight excluding hydrogens is 605 g/mol. The van der Waals surface area contributed by atoms with E-state index in [0.717, 1.165) is 82.7 Å². The third-order valence-corrected chi connectivity index (χ3v) is 9.03. The minimum absolute atomic E-state index is 0.0962. The molecule has 47 heavy (non-hydrogen) atoms. The largest absolute Gasteiger partial charge is 0.491 e. The topological polar surface area (TPSA) is 76.6 Å². The van der Waals surface area contributed by atoms with E-state index in [1.807, 2.05) is 43.5 Å². The molecule has 3 heterocycles. The van der Waals surface area contributed by atoms with Gasteiger partial charge in [0.1, 0.15) is 12.4 Å². The Labute approximate surface area is 283 Å². The van der Waals surface area contributed by atoms with Crippen LogP contribution in [0.1, 0.15) is 56.9 Å². The molecule has 1 N–H and O–H groups in total. The lowest BCUT2D eigenvalue weighted by atomic mass is 10.00. The predicted molar refractivity (Wildman–Crippen MR) is 194 cm³/mol. The second-order valence-electron chi connectivity index (χ2n) is 12.2. The van der Waals surface area contributed by atoms with Crippen molar-refractivity contribution in [2.45, 2.75) is 57.7 Å². The van der Waals surface area contributed by atoms with E-state index in [-0.39, 0.29) is 5.91 Å². The molecular formula is C39H46N4O3S. The number of nitrogens with one attached hydrogen (secondary N) is 1. The number of hydrogen-bond acceptors (Lipinski definition) is 7. The molecule has 2 aromatic carbocycles. The highest BCUT2D eigenvalue weighted by Gasteiger charge is 2.21. The number of rotatable bonds is 15. The van der Waals surface area contributed by atoms with Crippen molar-refractivity contribution in [1.29, 1.82) is 0 Å². The Morgan fingerprint density at radius 3 is 2.57 bits per heavy atom. The molecule has 0 atom stereocenters. The first kappa shape index (κ1) is 34.2. The number of anilines is 2. The first-order valence-corrected chi connectivity index (χ1v) is 17.6. The van der Waals surface area contributed by atoms with Crippen LogP contribution in [0, 0.1) is 12.8 Å². The zero-order valence-corrected chi connectivity index (χ0v) is 28.8. The first-order valence-electron chi connectivity index (χ1n) is 16.6. The van der Waals surface area contributed by atoms with Crippen molar-refractivity contribution < 1.29 is 14.3 Å². The Kier molecular flexibility index (Phi) is 12.5. The molecule has 4 aromatic rings. The lowest BCUT2D eigenvalue weighted by molar-refractivity contribution is -0.112. The molecule has 1 amide bonds. The summed E-state index contributed by atoms with van der Waals surface area (Å²) in [4.78, 5) is 24.9. The lowest BCUT2D eigenvalue weighted by Crippen LogP contribution is -2.29. The van der Waals surface area contributed by atoms with Crippen molar-refractivity contribution in [3.63, 3.8) is 0 Å². The fraction of sp³-hybridized carbons (Fsp3) is 0.359. The second-order valence-corrected chi connectivity index (χ2v) is 13.2. The number of ether oxygens (including phenoxy) is 2. The molecule has 1 aliphatic rings. The number of carbonyl (C=O) groups is 1. The summed E-state index contributed by atoms with van der Waals surface area (Å²) in [6, 6.07) is 22.7. The lowest BCUT2D eigenvalue weighted by Gasteiger charge is -2.27. The van der Waals surface area contributed by atoms with E-state index in [1.54, 1.807) is 18.0 Å². The van der Waals surface area contributed by atoms with Gasteiger partial charge in [-0.15, -0.1) is 11.8 Å². The summed E-state index contributed by atoms with van der Waals surface area (Å²) >= 11 is 1.66. The summed E-state index contributed by atoms with van der Waals surface area (Å²) in [5.74, 6) is 2.02. The molecule has 0 radical (unpaired) electrons. The Bertz CT molecular complexity index is 1640. The van der Waals surface area contributed by atoms with Crippen molar-refractivity contribution in [2.75, 3.05) is 43.1 Å². The maximum Gasteiger partial charge on any atom is 0.251 e. The highest BCUT2D eigenvalue weighted by Crippen LogP contribution is 2.34. The van der Waals surface area contributed by atoms with Crippen LogP contribution in [-0.4, -0.2) is 48.8 Å². The van der Waals surface area contributed by atoms with Crippen LogP contribution < -0.4 is 15.0 Å². The van der Waals surface area contributed by atoms with Crippen molar-refractivity contribution in [3.05, 3.63) is 102 Å². The molecule has 0 aliphatic carbocycles. The number of benzene rings is 2. The number of thioether (sulfide) groups is 1. The molecule has 7 nitrogen and oxygen atoms in total. The molecule has 2 aromatic heterocycles. The van der Waals surface area contributed by atoms with Gasteiger partial charge in [-0.3, -0.25) is 9.78 Å². The van der Waals surface area contributed by atoms with E-state index >= 15 is 0 Å². The van der Waals surface area contributed by atoms with E-state index in [4.69, 9.17) is 9.47 Å². The van der Waals surface area contributed by atoms with Gasteiger partial charge in [0, 0.05) is 48.6 Å². The number of aromatic nitrogens is 2. The zero-order chi connectivity index (χ0) is 33.0. The standard InChI is InChI=1S/C39H46N4O3S/c1-5-6-20-45-21-22-46-36-13-9-30(10-14-36)31-11-15-37-34(23-31)24-32(17-19-43(37)26-28(2)3)39(44)42-35-12-16-38(41-25-35)47-27-33-8-7-18-40-29(33)4/h7-16,18,23-25,28H,5-6,17,19-22,26-27H2,1-4H3,(H,42,44). The van der Waals surface area contributed by atoms with Crippen LogP contribution in [0.4, 0.5) is 11.4 Å². The monoisotopic (exact) mass is 650 g/mol. The van der Waals surface area contributed by atoms with Crippen LogP contribution in [0.25, 0.3) is 17.2 Å². The van der Waals surface area contributed by atoms with Crippen molar-refractivity contribution >= 4 is 35.1 Å². The zero-order valence-electron chi connectivity index (χ0n) is 28.0. The second kappa shape index (κ2) is 17.1. The molecule has 0 unspecified atom stereocenters. The first-order chi connectivity index (χ1) is 22.9. The molecule has 0 fully saturated rings. The maximum atomic E-state index is 13.6. The van der Waals surface area contributed by atoms with Crippen LogP contribution in [0.15, 0.2) is 89.7 Å². The average Bonchev–Trinajstić information content (AvgIpc) is 3.25. The molecule has 0 bridgehead atoms. The van der Waals surface area contributed by atoms with Crippen molar-refractivity contribution in [3.8, 4) is 16.9 Å². The molecule has 5 rings (SSSR count). The summed E-state index contributed by atoms with van der Waals surface area (Å²) in [6.07, 6.45) is 8.46. The fourth-order valence-electron chi connectivity index (χ4n) is 5.47. The van der Waals surface area contributed by atoms with Crippen LogP contribution >= 0.6 is 11.8 Å². The Balaban J connectivity index is 1.27. The van der Waals surface area contributed by atoms with Gasteiger partial charge in [-0.05, 0) is 96.5 Å². The normalized spacial score (nSPS) is 12.8. The Morgan fingerprint density at radius 2 is 1.83 bits per heavy atom. The number of unbranched alkanes of at least 4 members (excludes halogenated alkanes) is 1. The molecule has 0 saturated carbocycles. The predicted octanol–water partition coefficient (Wildman–Crippen LogP) is 8.83. The third-order valence-electron chi connectivity index (χ3n) is 8.04. The Hall–Kier alpha value is -4.14. The molecule has 0 saturated heterocycles. The quantitative estimate of drug-likeness (QED) is 0.102. The van der Waals surface area contributed by atoms with Gasteiger partial charge < -0.3 is 19.7 Å². The summed E-state index contributed by atoms with van der Waals surface area (Å²) in [7, 11) is 0. The number of nitrogens with zero attached hydrogens (tertiary/aromatic N) is 3. The van der Waals surface area contributed by atoms with E-state index in [9.17, 15) is 4.79 Å². The van der Waals surface area contributed by atoms with E-state index < -0.39 is 0 Å². The minimum atomic E-state index is -0.0962. The summed E-state index contributed by atoms with van der Waals surface area (Å²) < 4.78 is 11.5. The summed E-state index contributed by atoms with van der Waals surface area (Å²) in [5, 5.41) is 3.99. The molecule has 246 valence electrons. The molecule has 1 aliphatic heterocycles. The minimum Gasteiger partial charge on any atom is -0.491 e. The SMILES string of the molecule is CCCCOCCOc1ccc(-c2ccc3c(c2)C=C(C(=O)Nc2ccc(SCc4cccnc4C)nc2)CCN3CC(C)C)cc1. The van der Waals surface area contributed by atoms with Gasteiger partial charge in [-0.2, -0.15) is 0 Å². The highest BCUT2D eigenvalue weighted by molar-refractivity contribution is 7.98. The van der Waals surface area contributed by atoms with Crippen LogP contribution in [0.3, 0.4) is 0 Å². The van der Waals surface area contributed by atoms with Crippen molar-refractivity contribution in [1.82, 2.24) is 9.97 Å². The van der Waals surface area contributed by atoms with Gasteiger partial charge in [0.15, 0.2) is 0 Å². The van der Waals surface area contributed by atoms with Gasteiger partial charge in [0.05, 0.1) is 23.5 Å². The third kappa shape index (κ3) is 9.92. The van der Waals surface area contributed by atoms with Crippen LogP contribution in [0.2, 0.25) is 0 Å². The molecule has 0 spiro atoms. The van der Waals surface area contributed by atoms with Crippen molar-refractivity contribution in [2.24, 2.45) is 5.92 Å². The van der Waals surface area contributed by atoms with Crippen LogP contribution in [0.5, 0.6) is 5.75 Å². The average molecular weight is 651 g/mol. The van der Waals surface area contributed by atoms with E-state index in [2.05, 4.69) is 83.4 Å². The van der Waals surface area contributed by atoms with Gasteiger partial charge in [0.2, 0.25) is 0 Å². The van der Waals surface area contributed by atoms with Gasteiger partial charge in [-0.25, -0.2) is 4.98 Å². The number of amides is 1. The number of aryl methyl sites for hydroxylation is 1. The Morgan fingerprint density at radius 1 is 1.00 bits per heavy atom. The fourth-order valence-corrected chi connectivity index (χ4v) is 6.37. The van der Waals surface area contributed by atoms with Gasteiger partial charge in [0.25, 0.3) is 5.91 Å². The maximum absolute atomic E-state index is 13.6. The summed E-state index contributed by atoms with van der Waals surface area (Å²) in [6.45, 7) is 12.2. The number of pyridine rings is 2. The highest BCUT2D eigenvalue weighted by atomic mass is 32.2. The smallest absolute Gasteiger partial charge is 0.251 e. The van der Waals surface area contributed by atoms with Crippen LogP contribution in [-0.2, 0) is 15.3 Å². The van der Waals surface area contributed by atoms with E-state index in [1.165, 1.54) is 5.56 Å². The van der Waals surface area contributed by atoms with Gasteiger partial charge in [-0.1, -0.05) is 51.5 Å². The number of fused-ring (bicyclic) bond motifs is 1. The summed E-state index contributed by atoms with van der Waals surface area (Å²) in [5.41, 5.74) is 8.06. The van der Waals surface area contributed by atoms with E-state index in [0.29, 0.717) is 31.2 Å².